The van der Waals surface area contributed by atoms with Gasteiger partial charge in [0, 0.05) is 19.3 Å². The molecule has 2 N–H and O–H groups in total. The smallest absolute Gasteiger partial charge is 0.231 e. The van der Waals surface area contributed by atoms with Crippen molar-refractivity contribution in [3.63, 3.8) is 0 Å². The van der Waals surface area contributed by atoms with Crippen molar-refractivity contribution in [2.24, 2.45) is 0 Å². The largest absolute Gasteiger partial charge is 0.454 e. The minimum absolute atomic E-state index is 0.270. The summed E-state index contributed by atoms with van der Waals surface area (Å²) in [5.41, 5.74) is 2.14. The van der Waals surface area contributed by atoms with Crippen LogP contribution in [0.4, 0.5) is 11.8 Å². The molecule has 5 rings (SSSR count). The van der Waals surface area contributed by atoms with Crippen LogP contribution in [0.5, 0.6) is 23.0 Å². The predicted molar refractivity (Wildman–Crippen MR) is 102 cm³/mol. The molecule has 0 amide bonds. The minimum atomic E-state index is 0.270. The maximum Gasteiger partial charge on any atom is 0.231 e. The number of rotatable bonds is 6. The maximum atomic E-state index is 5.41. The second-order valence-corrected chi connectivity index (χ2v) is 6.35. The van der Waals surface area contributed by atoms with Gasteiger partial charge >= 0.3 is 0 Å². The van der Waals surface area contributed by atoms with Crippen LogP contribution in [0.15, 0.2) is 48.7 Å². The molecule has 1 aromatic heterocycles. The first kappa shape index (κ1) is 16.5. The first-order chi connectivity index (χ1) is 13.8. The average Bonchev–Trinajstić information content (AvgIpc) is 3.39. The van der Waals surface area contributed by atoms with Crippen LogP contribution in [-0.4, -0.2) is 23.6 Å². The molecule has 0 bridgehead atoms. The summed E-state index contributed by atoms with van der Waals surface area (Å²) in [6.45, 7) is 1.75. The number of fused-ring (bicyclic) bond motifs is 2. The van der Waals surface area contributed by atoms with Crippen LogP contribution in [0.3, 0.4) is 0 Å². The van der Waals surface area contributed by atoms with Crippen LogP contribution in [0.25, 0.3) is 0 Å². The molecule has 142 valence electrons. The van der Waals surface area contributed by atoms with Gasteiger partial charge in [0.15, 0.2) is 23.0 Å². The molecule has 2 aliphatic rings. The van der Waals surface area contributed by atoms with E-state index in [9.17, 15) is 0 Å². The third-order valence-electron chi connectivity index (χ3n) is 4.45. The van der Waals surface area contributed by atoms with Gasteiger partial charge in [-0.3, -0.25) is 0 Å². The minimum Gasteiger partial charge on any atom is -0.454 e. The van der Waals surface area contributed by atoms with Crippen LogP contribution in [0.2, 0.25) is 0 Å². The lowest BCUT2D eigenvalue weighted by atomic mass is 10.2. The summed E-state index contributed by atoms with van der Waals surface area (Å²) in [4.78, 5) is 8.78. The third-order valence-corrected chi connectivity index (χ3v) is 4.45. The summed E-state index contributed by atoms with van der Waals surface area (Å²) in [6.07, 6.45) is 1.72. The standard InChI is InChI=1S/C20H18N4O4/c1-3-15-17(27-11-25-15)7-13(1)9-22-19-5-6-21-20(24-19)23-10-14-2-4-16-18(8-14)28-12-26-16/h1-8H,9-12H2,(H2,21,22,23,24). The number of ether oxygens (including phenoxy) is 4. The molecule has 2 aliphatic heterocycles. The van der Waals surface area contributed by atoms with Gasteiger partial charge in [-0.2, -0.15) is 4.98 Å². The van der Waals surface area contributed by atoms with Crippen LogP contribution in [-0.2, 0) is 13.1 Å². The summed E-state index contributed by atoms with van der Waals surface area (Å²) in [6, 6.07) is 13.6. The van der Waals surface area contributed by atoms with Crippen molar-refractivity contribution in [1.29, 1.82) is 0 Å². The third kappa shape index (κ3) is 3.44. The Labute approximate surface area is 161 Å². The van der Waals surface area contributed by atoms with Gasteiger partial charge in [-0.25, -0.2) is 4.98 Å². The Morgan fingerprint density at radius 1 is 0.714 bits per heavy atom. The summed E-state index contributed by atoms with van der Waals surface area (Å²) in [5.74, 6) is 4.37. The SMILES string of the molecule is c1cc(NCc2ccc3c(c2)OCO3)nc(NCc2ccc3c(c2)OCO3)n1. The molecule has 0 radical (unpaired) electrons. The van der Waals surface area contributed by atoms with Gasteiger partial charge in [-0.15, -0.1) is 0 Å². The highest BCUT2D eigenvalue weighted by atomic mass is 16.7. The van der Waals surface area contributed by atoms with Gasteiger partial charge in [0.1, 0.15) is 5.82 Å². The fraction of sp³-hybridized carbons (Fsp3) is 0.200. The second kappa shape index (κ2) is 7.15. The average molecular weight is 378 g/mol. The first-order valence-corrected chi connectivity index (χ1v) is 8.91. The molecule has 3 heterocycles. The van der Waals surface area contributed by atoms with E-state index in [2.05, 4.69) is 20.6 Å². The zero-order valence-electron chi connectivity index (χ0n) is 15.0. The van der Waals surface area contributed by atoms with E-state index in [1.54, 1.807) is 6.20 Å². The highest BCUT2D eigenvalue weighted by molar-refractivity contribution is 5.47. The molecule has 8 nitrogen and oxygen atoms in total. The lowest BCUT2D eigenvalue weighted by Crippen LogP contribution is -2.06. The summed E-state index contributed by atoms with van der Waals surface area (Å²) < 4.78 is 21.5. The van der Waals surface area contributed by atoms with Crippen molar-refractivity contribution in [3.8, 4) is 23.0 Å². The molecule has 2 aromatic carbocycles. The monoisotopic (exact) mass is 378 g/mol. The quantitative estimate of drug-likeness (QED) is 0.676. The lowest BCUT2D eigenvalue weighted by Gasteiger charge is -2.09. The molecular weight excluding hydrogens is 360 g/mol. The Balaban J connectivity index is 1.20. The zero-order chi connectivity index (χ0) is 18.8. The summed E-state index contributed by atoms with van der Waals surface area (Å²) in [5, 5.41) is 6.53. The van der Waals surface area contributed by atoms with Gasteiger partial charge in [0.2, 0.25) is 19.5 Å². The van der Waals surface area contributed by atoms with Crippen LogP contribution in [0.1, 0.15) is 11.1 Å². The number of hydrogen-bond donors (Lipinski definition) is 2. The fourth-order valence-electron chi connectivity index (χ4n) is 3.02. The highest BCUT2D eigenvalue weighted by Crippen LogP contribution is 2.33. The van der Waals surface area contributed by atoms with Crippen molar-refractivity contribution in [2.45, 2.75) is 13.1 Å². The number of nitrogens with one attached hydrogen (secondary N) is 2. The van der Waals surface area contributed by atoms with Gasteiger partial charge < -0.3 is 29.6 Å². The van der Waals surface area contributed by atoms with Gasteiger partial charge in [-0.1, -0.05) is 12.1 Å². The molecule has 0 spiro atoms. The van der Waals surface area contributed by atoms with E-state index in [0.717, 1.165) is 39.9 Å². The van der Waals surface area contributed by atoms with Crippen LogP contribution < -0.4 is 29.6 Å². The lowest BCUT2D eigenvalue weighted by molar-refractivity contribution is 0.173. The number of hydrogen-bond acceptors (Lipinski definition) is 8. The van der Waals surface area contributed by atoms with Gasteiger partial charge in [0.05, 0.1) is 0 Å². The Hall–Kier alpha value is -3.68. The van der Waals surface area contributed by atoms with E-state index in [1.807, 2.05) is 42.5 Å². The molecule has 3 aromatic rings. The molecule has 0 aliphatic carbocycles. The van der Waals surface area contributed by atoms with Crippen molar-refractivity contribution < 1.29 is 18.9 Å². The molecule has 0 unspecified atom stereocenters. The van der Waals surface area contributed by atoms with Gasteiger partial charge in [-0.05, 0) is 41.5 Å². The predicted octanol–water partition coefficient (Wildman–Crippen LogP) is 3.16. The van der Waals surface area contributed by atoms with Crippen LogP contribution >= 0.6 is 0 Å². The maximum absolute atomic E-state index is 5.41. The molecule has 0 fully saturated rings. The molecule has 28 heavy (non-hydrogen) atoms. The number of nitrogens with zero attached hydrogens (tertiary/aromatic N) is 2. The normalized spacial score (nSPS) is 13.4. The molecule has 0 atom stereocenters. The van der Waals surface area contributed by atoms with Crippen molar-refractivity contribution >= 4 is 11.8 Å². The second-order valence-electron chi connectivity index (χ2n) is 6.35. The highest BCUT2D eigenvalue weighted by Gasteiger charge is 2.14. The molecular formula is C20H18N4O4. The fourth-order valence-corrected chi connectivity index (χ4v) is 3.02. The Morgan fingerprint density at radius 2 is 1.32 bits per heavy atom. The van der Waals surface area contributed by atoms with Gasteiger partial charge in [0.25, 0.3) is 0 Å². The Bertz CT molecular complexity index is 934. The van der Waals surface area contributed by atoms with Crippen LogP contribution in [0, 0.1) is 0 Å². The Morgan fingerprint density at radius 3 is 2.00 bits per heavy atom. The van der Waals surface area contributed by atoms with Crippen molar-refractivity contribution in [3.05, 3.63) is 59.8 Å². The summed E-state index contributed by atoms with van der Waals surface area (Å²) in [7, 11) is 0. The topological polar surface area (TPSA) is 86.8 Å². The van der Waals surface area contributed by atoms with Crippen molar-refractivity contribution in [2.75, 3.05) is 24.2 Å². The Kier molecular flexibility index (Phi) is 4.21. The van der Waals surface area contributed by atoms with E-state index in [0.29, 0.717) is 19.0 Å². The summed E-state index contributed by atoms with van der Waals surface area (Å²) >= 11 is 0. The van der Waals surface area contributed by atoms with Crippen molar-refractivity contribution in [1.82, 2.24) is 9.97 Å². The number of anilines is 2. The van der Waals surface area contributed by atoms with E-state index >= 15 is 0 Å². The molecule has 0 saturated carbocycles. The van der Waals surface area contributed by atoms with E-state index < -0.39 is 0 Å². The number of aromatic nitrogens is 2. The van der Waals surface area contributed by atoms with E-state index in [4.69, 9.17) is 18.9 Å². The molecule has 0 saturated heterocycles. The molecule has 8 heteroatoms. The van der Waals surface area contributed by atoms with E-state index in [-0.39, 0.29) is 13.6 Å². The zero-order valence-corrected chi connectivity index (χ0v) is 15.0. The first-order valence-electron chi connectivity index (χ1n) is 8.91. The van der Waals surface area contributed by atoms with E-state index in [1.165, 1.54) is 0 Å². The number of benzene rings is 2.